The summed E-state index contributed by atoms with van der Waals surface area (Å²) in [5, 5.41) is 8.72. The van der Waals surface area contributed by atoms with Gasteiger partial charge in [0.25, 0.3) is 23.6 Å². The van der Waals surface area contributed by atoms with Crippen LogP contribution in [0.3, 0.4) is 0 Å². The summed E-state index contributed by atoms with van der Waals surface area (Å²) in [6.45, 7) is 7.47. The van der Waals surface area contributed by atoms with Crippen molar-refractivity contribution in [3.05, 3.63) is 95.8 Å². The fraction of sp³-hybridized carbons (Fsp3) is 0.404. The lowest BCUT2D eigenvalue weighted by Gasteiger charge is -2.39. The van der Waals surface area contributed by atoms with Crippen molar-refractivity contribution in [3.63, 3.8) is 0 Å². The van der Waals surface area contributed by atoms with Crippen LogP contribution >= 0.6 is 0 Å². The van der Waals surface area contributed by atoms with E-state index >= 15 is 0 Å². The molecule has 4 aliphatic heterocycles. The number of carbonyl (C=O) groups is 6. The first-order valence-corrected chi connectivity index (χ1v) is 22.6. The van der Waals surface area contributed by atoms with Crippen molar-refractivity contribution in [2.45, 2.75) is 63.6 Å². The maximum Gasteiger partial charge on any atom is 0.270 e. The van der Waals surface area contributed by atoms with E-state index in [-0.39, 0.29) is 60.2 Å². The number of pyridine rings is 1. The Morgan fingerprint density at radius 3 is 2.38 bits per heavy atom. The number of nitrogens with one attached hydrogen (secondary N) is 3. The third kappa shape index (κ3) is 8.53. The minimum absolute atomic E-state index is 0.0264. The number of fused-ring (bicyclic) bond motifs is 2. The number of piperazine rings is 1. The normalized spacial score (nSPS) is 21.4. The number of aromatic nitrogens is 5. The fourth-order valence-electron chi connectivity index (χ4n) is 9.72. The fourth-order valence-corrected chi connectivity index (χ4v) is 9.72. The quantitative estimate of drug-likeness (QED) is 0.153. The molecule has 0 radical (unpaired) electrons. The Labute approximate surface area is 379 Å². The first-order chi connectivity index (χ1) is 32.1. The maximum absolute atomic E-state index is 13.4. The maximum atomic E-state index is 13.4. The number of amides is 6. The number of carbonyl (C=O) groups excluding carboxylic acids is 6. The second-order valence-electron chi connectivity index (χ2n) is 17.7. The number of nitrogens with zero attached hydrogens (tertiary/aromatic N) is 9. The Kier molecular flexibility index (Phi) is 11.6. The third-order valence-electron chi connectivity index (χ3n) is 13.5. The first-order valence-electron chi connectivity index (χ1n) is 22.6. The smallest absolute Gasteiger partial charge is 0.270 e. The van der Waals surface area contributed by atoms with Gasteiger partial charge in [-0.05, 0) is 93.5 Å². The average Bonchev–Trinajstić information content (AvgIpc) is 3.85. The molecule has 340 valence electrons. The molecule has 1 aliphatic carbocycles. The molecule has 0 bridgehead atoms. The number of piperidine rings is 2. The zero-order valence-electron chi connectivity index (χ0n) is 36.5. The lowest BCUT2D eigenvalue weighted by Crippen LogP contribution is -2.54. The van der Waals surface area contributed by atoms with Crippen molar-refractivity contribution >= 4 is 63.8 Å². The van der Waals surface area contributed by atoms with Crippen molar-refractivity contribution in [1.29, 1.82) is 0 Å². The number of hydrogen-bond acceptors (Lipinski definition) is 14. The molecule has 1 atom stereocenters. The summed E-state index contributed by atoms with van der Waals surface area (Å²) >= 11 is 0. The van der Waals surface area contributed by atoms with E-state index in [0.29, 0.717) is 36.0 Å². The van der Waals surface area contributed by atoms with Crippen LogP contribution in [0, 0.1) is 12.8 Å². The van der Waals surface area contributed by atoms with Gasteiger partial charge in [0.15, 0.2) is 23.6 Å². The summed E-state index contributed by atoms with van der Waals surface area (Å²) < 4.78 is 7.93. The number of aryl methyl sites for hydroxylation is 1. The highest BCUT2D eigenvalue weighted by atomic mass is 16.5. The van der Waals surface area contributed by atoms with E-state index in [0.717, 1.165) is 86.0 Å². The van der Waals surface area contributed by atoms with Crippen molar-refractivity contribution < 1.29 is 33.5 Å². The number of rotatable bonds is 12. The zero-order chi connectivity index (χ0) is 45.5. The Hall–Kier alpha value is -7.28. The van der Waals surface area contributed by atoms with Crippen LogP contribution in [0.25, 0.3) is 11.2 Å². The van der Waals surface area contributed by atoms with Gasteiger partial charge >= 0.3 is 0 Å². The molecule has 1 saturated carbocycles. The van der Waals surface area contributed by atoms with E-state index in [9.17, 15) is 28.8 Å². The molecule has 4 fully saturated rings. The highest BCUT2D eigenvalue weighted by Crippen LogP contribution is 2.36. The van der Waals surface area contributed by atoms with E-state index in [1.807, 2.05) is 19.1 Å². The van der Waals surface area contributed by atoms with Crippen LogP contribution in [0.15, 0.2) is 73.3 Å². The van der Waals surface area contributed by atoms with Gasteiger partial charge in [-0.3, -0.25) is 43.9 Å². The number of anilines is 3. The molecule has 5 aromatic rings. The summed E-state index contributed by atoms with van der Waals surface area (Å²) in [5.74, 6) is -1.57. The van der Waals surface area contributed by atoms with Gasteiger partial charge in [-0.2, -0.15) is 0 Å². The van der Waals surface area contributed by atoms with Crippen LogP contribution in [-0.4, -0.2) is 139 Å². The monoisotopic (exact) mass is 894 g/mol. The highest BCUT2D eigenvalue weighted by Gasteiger charge is 2.46. The average molecular weight is 895 g/mol. The van der Waals surface area contributed by atoms with Crippen molar-refractivity contribution in [3.8, 4) is 5.75 Å². The molecule has 6 amide bonds. The van der Waals surface area contributed by atoms with Gasteiger partial charge in [-0.15, -0.1) is 0 Å². The van der Waals surface area contributed by atoms with Gasteiger partial charge in [0.05, 0.1) is 17.5 Å². The Balaban J connectivity index is 0.657. The van der Waals surface area contributed by atoms with Gasteiger partial charge in [-0.1, -0.05) is 12.1 Å². The molecular formula is C47H50N12O7. The molecule has 19 nitrogen and oxygen atoms in total. The molecular weight excluding hydrogens is 845 g/mol. The second kappa shape index (κ2) is 17.9. The number of imide groups is 2. The minimum atomic E-state index is -1.08. The zero-order valence-corrected chi connectivity index (χ0v) is 36.5. The number of ether oxygens (including phenoxy) is 1. The lowest BCUT2D eigenvalue weighted by atomic mass is 9.86. The summed E-state index contributed by atoms with van der Waals surface area (Å²) in [6.07, 6.45) is 6.74. The Bertz CT molecular complexity index is 2720. The molecule has 1 unspecified atom stereocenters. The highest BCUT2D eigenvalue weighted by molar-refractivity contribution is 6.24. The van der Waals surface area contributed by atoms with Crippen LogP contribution in [0.1, 0.15) is 81.5 Å². The van der Waals surface area contributed by atoms with Crippen LogP contribution in [-0.2, 0) is 14.4 Å². The van der Waals surface area contributed by atoms with Crippen LogP contribution < -0.4 is 25.6 Å². The number of imidazole rings is 1. The van der Waals surface area contributed by atoms with E-state index in [1.165, 1.54) is 6.07 Å². The molecule has 3 aromatic heterocycles. The summed E-state index contributed by atoms with van der Waals surface area (Å²) in [4.78, 5) is 102. The van der Waals surface area contributed by atoms with E-state index in [4.69, 9.17) is 4.74 Å². The number of hydrogen-bond donors (Lipinski definition) is 3. The molecule has 0 spiro atoms. The second-order valence-corrected chi connectivity index (χ2v) is 17.7. The van der Waals surface area contributed by atoms with E-state index in [1.54, 1.807) is 35.8 Å². The molecule has 19 heteroatoms. The molecule has 3 N–H and O–H groups in total. The third-order valence-corrected chi connectivity index (χ3v) is 13.5. The number of likely N-dealkylation sites (tertiary alicyclic amines) is 1. The van der Waals surface area contributed by atoms with Crippen LogP contribution in [0.2, 0.25) is 0 Å². The van der Waals surface area contributed by atoms with Crippen molar-refractivity contribution in [2.24, 2.45) is 5.92 Å². The SMILES string of the molecule is Cc1cccc(C(=O)NC2CC(n3cnc4c(Nc5ccc(N6CCN(CC7CCN(C(=O)COc8cccc9c8C(=O)N(C8CCC(=O)NC8=O)C9=O)CC7)CC6)cc5)ncnc43)C2)n1. The largest absolute Gasteiger partial charge is 0.483 e. The van der Waals surface area contributed by atoms with E-state index < -0.39 is 29.7 Å². The predicted octanol–water partition coefficient (Wildman–Crippen LogP) is 3.25. The minimum Gasteiger partial charge on any atom is -0.483 e. The van der Waals surface area contributed by atoms with Gasteiger partial charge < -0.3 is 29.7 Å². The Morgan fingerprint density at radius 1 is 0.848 bits per heavy atom. The predicted molar refractivity (Wildman–Crippen MR) is 240 cm³/mol. The van der Waals surface area contributed by atoms with Gasteiger partial charge in [-0.25, -0.2) is 19.9 Å². The topological polar surface area (TPSA) is 217 Å². The van der Waals surface area contributed by atoms with Gasteiger partial charge in [0.2, 0.25) is 11.8 Å². The molecule has 10 rings (SSSR count). The van der Waals surface area contributed by atoms with Crippen molar-refractivity contribution in [1.82, 2.24) is 49.8 Å². The molecule has 3 saturated heterocycles. The number of benzene rings is 2. The van der Waals surface area contributed by atoms with Gasteiger partial charge in [0, 0.05) is 81.4 Å². The Morgan fingerprint density at radius 2 is 1.62 bits per heavy atom. The summed E-state index contributed by atoms with van der Waals surface area (Å²) in [7, 11) is 0. The standard InChI is InChI=1S/C47H50N12O7/c1-28-4-2-6-35(51-28)44(62)53-31-22-33(23-31)58-27-50-41-42(48-26-49-43(41)58)52-30-8-10-32(11-9-30)56-20-18-55(19-21-56)24-29-14-16-57(17-15-29)39(61)25-66-37-7-3-5-34-40(37)47(65)59(46(34)64)36-12-13-38(60)54-45(36)63/h2-11,26-27,29,31,33,36H,12-25H2,1H3,(H,53,62)(H,48,49,52)(H,54,60,63). The molecule has 66 heavy (non-hydrogen) atoms. The van der Waals surface area contributed by atoms with Crippen molar-refractivity contribution in [2.75, 3.05) is 62.6 Å². The van der Waals surface area contributed by atoms with Crippen LogP contribution in [0.4, 0.5) is 17.2 Å². The first kappa shape index (κ1) is 42.7. The lowest BCUT2D eigenvalue weighted by molar-refractivity contribution is -0.136. The van der Waals surface area contributed by atoms with Crippen LogP contribution in [0.5, 0.6) is 5.75 Å². The summed E-state index contributed by atoms with van der Waals surface area (Å²) in [6, 6.07) is 17.6. The molecule has 2 aromatic carbocycles. The molecule has 5 aliphatic rings. The van der Waals surface area contributed by atoms with E-state index in [2.05, 4.69) is 74.5 Å². The van der Waals surface area contributed by atoms with Gasteiger partial charge in [0.1, 0.15) is 23.8 Å². The summed E-state index contributed by atoms with van der Waals surface area (Å²) in [5.41, 5.74) is 4.85. The molecule has 7 heterocycles.